The number of nitrogens with zero attached hydrogens (tertiary/aromatic N) is 3. The van der Waals surface area contributed by atoms with Crippen LogP contribution in [0.3, 0.4) is 0 Å². The lowest BCUT2D eigenvalue weighted by Gasteiger charge is -2.23. The SMILES string of the molecule is CC1(C)c2ccccc2-c2c1c1c3ccccc3n(-c3nc(-c4ccccc4)c4ccccc4n3)c1c1oc3ccccc3c21. The molecular weight excluding hydrogens is 550 g/mol. The van der Waals surface area contributed by atoms with Gasteiger partial charge >= 0.3 is 0 Å². The molecule has 0 atom stereocenters. The fourth-order valence-corrected chi connectivity index (χ4v) is 7.88. The van der Waals surface area contributed by atoms with Gasteiger partial charge in [0.05, 0.1) is 16.7 Å². The van der Waals surface area contributed by atoms with Crippen molar-refractivity contribution in [3.8, 4) is 28.3 Å². The van der Waals surface area contributed by atoms with E-state index in [1.54, 1.807) is 0 Å². The van der Waals surface area contributed by atoms with Crippen LogP contribution in [0.4, 0.5) is 0 Å². The van der Waals surface area contributed by atoms with Gasteiger partial charge in [0, 0.05) is 37.9 Å². The standard InChI is InChI=1S/C41H27N3O/c1-41(2)29-20-10-6-16-25(29)33-34-28-19-9-13-23-32(28)45-39(34)38-35(36(33)41)27-18-8-12-22-31(27)44(38)40-42-30-21-11-7-17-26(30)37(43-40)24-14-4-3-5-15-24/h3-23H,1-2H3. The molecule has 4 heteroatoms. The Bertz CT molecular complexity index is 2680. The molecule has 0 amide bonds. The Labute approximate surface area is 259 Å². The zero-order chi connectivity index (χ0) is 29.9. The van der Waals surface area contributed by atoms with Crippen LogP contribution in [0, 0.1) is 0 Å². The molecule has 3 aromatic heterocycles. The van der Waals surface area contributed by atoms with Crippen LogP contribution in [0.25, 0.3) is 83.0 Å². The van der Waals surface area contributed by atoms with Gasteiger partial charge in [-0.15, -0.1) is 0 Å². The first-order chi connectivity index (χ1) is 22.1. The highest BCUT2D eigenvalue weighted by Crippen LogP contribution is 2.57. The number of furan rings is 1. The molecule has 3 heterocycles. The van der Waals surface area contributed by atoms with E-state index in [4.69, 9.17) is 14.4 Å². The lowest BCUT2D eigenvalue weighted by Crippen LogP contribution is -2.15. The smallest absolute Gasteiger partial charge is 0.235 e. The largest absolute Gasteiger partial charge is 0.454 e. The van der Waals surface area contributed by atoms with Crippen LogP contribution in [0.15, 0.2) is 132 Å². The van der Waals surface area contributed by atoms with Crippen LogP contribution in [0.5, 0.6) is 0 Å². The summed E-state index contributed by atoms with van der Waals surface area (Å²) < 4.78 is 9.14. The van der Waals surface area contributed by atoms with E-state index in [9.17, 15) is 0 Å². The van der Waals surface area contributed by atoms with E-state index < -0.39 is 0 Å². The topological polar surface area (TPSA) is 43.9 Å². The summed E-state index contributed by atoms with van der Waals surface area (Å²) in [5.74, 6) is 0.633. The van der Waals surface area contributed by atoms with Gasteiger partial charge in [-0.3, -0.25) is 4.57 Å². The van der Waals surface area contributed by atoms with Crippen molar-refractivity contribution in [2.24, 2.45) is 0 Å². The van der Waals surface area contributed by atoms with Crippen molar-refractivity contribution in [1.29, 1.82) is 0 Å². The van der Waals surface area contributed by atoms with Gasteiger partial charge < -0.3 is 4.42 Å². The summed E-state index contributed by atoms with van der Waals surface area (Å²) in [6.07, 6.45) is 0. The summed E-state index contributed by atoms with van der Waals surface area (Å²) in [6.45, 7) is 4.72. The average molecular weight is 578 g/mol. The summed E-state index contributed by atoms with van der Waals surface area (Å²) in [5, 5.41) is 5.68. The molecule has 0 radical (unpaired) electrons. The van der Waals surface area contributed by atoms with Crippen molar-refractivity contribution >= 4 is 54.6 Å². The Morgan fingerprint density at radius 1 is 0.622 bits per heavy atom. The number of para-hydroxylation sites is 3. The molecule has 0 bridgehead atoms. The molecule has 1 aliphatic rings. The fourth-order valence-electron chi connectivity index (χ4n) is 7.88. The Kier molecular flexibility index (Phi) is 4.76. The number of fused-ring (bicyclic) bond motifs is 13. The van der Waals surface area contributed by atoms with Gasteiger partial charge in [0.1, 0.15) is 11.1 Å². The third-order valence-electron chi connectivity index (χ3n) is 9.77. The molecule has 6 aromatic carbocycles. The zero-order valence-electron chi connectivity index (χ0n) is 24.9. The summed E-state index contributed by atoms with van der Waals surface area (Å²) in [7, 11) is 0. The van der Waals surface area contributed by atoms with Crippen molar-refractivity contribution in [2.75, 3.05) is 0 Å². The van der Waals surface area contributed by atoms with Crippen LogP contribution in [-0.4, -0.2) is 14.5 Å². The highest BCUT2D eigenvalue weighted by molar-refractivity contribution is 6.29. The maximum atomic E-state index is 6.89. The molecule has 4 nitrogen and oxygen atoms in total. The number of rotatable bonds is 2. The van der Waals surface area contributed by atoms with Gasteiger partial charge in [-0.2, -0.15) is 0 Å². The normalized spacial score (nSPS) is 13.7. The molecule has 212 valence electrons. The van der Waals surface area contributed by atoms with Crippen LogP contribution < -0.4 is 0 Å². The zero-order valence-corrected chi connectivity index (χ0v) is 24.9. The molecule has 10 rings (SSSR count). The van der Waals surface area contributed by atoms with Crippen molar-refractivity contribution in [2.45, 2.75) is 19.3 Å². The molecule has 0 spiro atoms. The first kappa shape index (κ1) is 24.7. The molecular formula is C41H27N3O. The van der Waals surface area contributed by atoms with Gasteiger partial charge in [-0.05, 0) is 40.5 Å². The molecule has 0 N–H and O–H groups in total. The maximum absolute atomic E-state index is 6.89. The fraction of sp³-hybridized carbons (Fsp3) is 0.0732. The second-order valence-electron chi connectivity index (χ2n) is 12.6. The maximum Gasteiger partial charge on any atom is 0.235 e. The Morgan fingerprint density at radius 2 is 1.31 bits per heavy atom. The minimum Gasteiger partial charge on any atom is -0.454 e. The molecule has 1 aliphatic carbocycles. The van der Waals surface area contributed by atoms with E-state index in [1.807, 2.05) is 18.2 Å². The van der Waals surface area contributed by atoms with Crippen molar-refractivity contribution in [3.05, 3.63) is 139 Å². The molecule has 45 heavy (non-hydrogen) atoms. The average Bonchev–Trinajstić information content (AvgIpc) is 3.71. The minimum atomic E-state index is -0.231. The molecule has 0 unspecified atom stereocenters. The highest BCUT2D eigenvalue weighted by atomic mass is 16.3. The van der Waals surface area contributed by atoms with E-state index in [0.717, 1.165) is 55.1 Å². The van der Waals surface area contributed by atoms with Gasteiger partial charge in [0.15, 0.2) is 5.58 Å². The number of benzene rings is 6. The first-order valence-corrected chi connectivity index (χ1v) is 15.4. The molecule has 0 saturated heterocycles. The van der Waals surface area contributed by atoms with Crippen molar-refractivity contribution in [1.82, 2.24) is 14.5 Å². The second-order valence-corrected chi connectivity index (χ2v) is 12.6. The predicted molar refractivity (Wildman–Crippen MR) is 184 cm³/mol. The summed E-state index contributed by atoms with van der Waals surface area (Å²) in [5.41, 5.74) is 11.7. The van der Waals surface area contributed by atoms with Crippen LogP contribution in [-0.2, 0) is 5.41 Å². The van der Waals surface area contributed by atoms with E-state index in [-0.39, 0.29) is 5.41 Å². The lowest BCUT2D eigenvalue weighted by atomic mass is 9.80. The number of hydrogen-bond donors (Lipinski definition) is 0. The van der Waals surface area contributed by atoms with E-state index in [2.05, 4.69) is 128 Å². The van der Waals surface area contributed by atoms with Crippen LogP contribution in [0.2, 0.25) is 0 Å². The summed E-state index contributed by atoms with van der Waals surface area (Å²) in [6, 6.07) is 44.6. The monoisotopic (exact) mass is 577 g/mol. The predicted octanol–water partition coefficient (Wildman–Crippen LogP) is 10.6. The minimum absolute atomic E-state index is 0.231. The third kappa shape index (κ3) is 3.16. The quantitative estimate of drug-likeness (QED) is 0.205. The molecule has 0 aliphatic heterocycles. The third-order valence-corrected chi connectivity index (χ3v) is 9.77. The lowest BCUT2D eigenvalue weighted by molar-refractivity contribution is 0.663. The molecule has 9 aromatic rings. The summed E-state index contributed by atoms with van der Waals surface area (Å²) >= 11 is 0. The van der Waals surface area contributed by atoms with E-state index in [1.165, 1.54) is 33.0 Å². The number of hydrogen-bond acceptors (Lipinski definition) is 3. The van der Waals surface area contributed by atoms with Crippen LogP contribution >= 0.6 is 0 Å². The van der Waals surface area contributed by atoms with Gasteiger partial charge in [-0.1, -0.05) is 123 Å². The second kappa shape index (κ2) is 8.67. The van der Waals surface area contributed by atoms with E-state index >= 15 is 0 Å². The highest BCUT2D eigenvalue weighted by Gasteiger charge is 2.41. The Balaban J connectivity index is 1.46. The van der Waals surface area contributed by atoms with Crippen LogP contribution in [0.1, 0.15) is 25.0 Å². The molecule has 0 fully saturated rings. The van der Waals surface area contributed by atoms with Crippen molar-refractivity contribution in [3.63, 3.8) is 0 Å². The van der Waals surface area contributed by atoms with Gasteiger partial charge in [0.25, 0.3) is 0 Å². The van der Waals surface area contributed by atoms with Crippen molar-refractivity contribution < 1.29 is 4.42 Å². The van der Waals surface area contributed by atoms with Gasteiger partial charge in [0.2, 0.25) is 5.95 Å². The van der Waals surface area contributed by atoms with E-state index in [0.29, 0.717) is 5.95 Å². The Morgan fingerprint density at radius 3 is 2.18 bits per heavy atom. The first-order valence-electron chi connectivity index (χ1n) is 15.4. The molecule has 0 saturated carbocycles. The Hall–Kier alpha value is -5.74. The summed E-state index contributed by atoms with van der Waals surface area (Å²) in [4.78, 5) is 10.6. The van der Waals surface area contributed by atoms with Gasteiger partial charge in [-0.25, -0.2) is 9.97 Å². The number of aromatic nitrogens is 3.